The van der Waals surface area contributed by atoms with E-state index >= 15 is 0 Å². The van der Waals surface area contributed by atoms with E-state index in [9.17, 15) is 0 Å². The molecule has 0 saturated carbocycles. The van der Waals surface area contributed by atoms with Crippen molar-refractivity contribution in [1.82, 2.24) is 9.55 Å². The molecular weight excluding hydrogens is 334 g/mol. The highest BCUT2D eigenvalue weighted by atomic mass is 79.9. The zero-order valence-electron chi connectivity index (χ0n) is 10.6. The average Bonchev–Trinajstić information content (AvgIpc) is 2.77. The van der Waals surface area contributed by atoms with E-state index < -0.39 is 0 Å². The maximum atomic E-state index is 9.04. The third-order valence-corrected chi connectivity index (χ3v) is 4.39. The fourth-order valence-corrected chi connectivity index (χ4v) is 2.76. The molecule has 3 rings (SSSR count). The molecule has 0 aliphatic carbocycles. The maximum Gasteiger partial charge on any atom is 0.182 e. The number of nitrogens with one attached hydrogen (secondary N) is 1. The Balaban J connectivity index is 2.35. The lowest BCUT2D eigenvalue weighted by atomic mass is 10.2. The highest BCUT2D eigenvalue weighted by Gasteiger charge is 2.08. The molecule has 0 fully saturated rings. The van der Waals surface area contributed by atoms with Gasteiger partial charge in [-0.1, -0.05) is 15.9 Å². The first-order valence-electron chi connectivity index (χ1n) is 6.01. The van der Waals surface area contributed by atoms with Crippen LogP contribution in [-0.4, -0.2) is 9.55 Å². The first kappa shape index (κ1) is 13.1. The summed E-state index contributed by atoms with van der Waals surface area (Å²) in [5.74, 6) is 0. The van der Waals surface area contributed by atoms with E-state index in [-0.39, 0.29) is 0 Å². The van der Waals surface area contributed by atoms with Gasteiger partial charge in [-0.05, 0) is 61.1 Å². The standard InChI is InChI=1S/C15H10BrN3S/c1-9-6-11(3-4-12(9)16)19-14-7-10(8-17)2-5-13(14)18-15(19)20/h2-7H,1H3,(H,18,20). The molecule has 1 N–H and O–H groups in total. The number of aryl methyl sites for hydroxylation is 1. The lowest BCUT2D eigenvalue weighted by Crippen LogP contribution is -1.95. The van der Waals surface area contributed by atoms with Crippen LogP contribution in [0.1, 0.15) is 11.1 Å². The summed E-state index contributed by atoms with van der Waals surface area (Å²) in [5.41, 5.74) is 4.58. The molecule has 3 nitrogen and oxygen atoms in total. The lowest BCUT2D eigenvalue weighted by molar-refractivity contribution is 1.06. The molecule has 0 radical (unpaired) electrons. The molecule has 0 spiro atoms. The van der Waals surface area contributed by atoms with Crippen molar-refractivity contribution in [1.29, 1.82) is 5.26 Å². The van der Waals surface area contributed by atoms with Gasteiger partial charge in [-0.3, -0.25) is 4.57 Å². The van der Waals surface area contributed by atoms with Gasteiger partial charge in [0.15, 0.2) is 4.77 Å². The summed E-state index contributed by atoms with van der Waals surface area (Å²) in [4.78, 5) is 3.17. The number of aromatic amines is 1. The Morgan fingerprint density at radius 2 is 2.05 bits per heavy atom. The van der Waals surface area contributed by atoms with Crippen molar-refractivity contribution in [3.63, 3.8) is 0 Å². The third-order valence-electron chi connectivity index (χ3n) is 3.21. The SMILES string of the molecule is Cc1cc(-n2c(=S)[nH]c3ccc(C#N)cc32)ccc1Br. The number of hydrogen-bond donors (Lipinski definition) is 1. The van der Waals surface area contributed by atoms with Crippen LogP contribution < -0.4 is 0 Å². The van der Waals surface area contributed by atoms with Crippen molar-refractivity contribution in [2.75, 3.05) is 0 Å². The van der Waals surface area contributed by atoms with Crippen molar-refractivity contribution in [3.8, 4) is 11.8 Å². The van der Waals surface area contributed by atoms with E-state index in [1.165, 1.54) is 0 Å². The highest BCUT2D eigenvalue weighted by Crippen LogP contribution is 2.24. The van der Waals surface area contributed by atoms with Gasteiger partial charge in [-0.25, -0.2) is 0 Å². The number of H-pyrrole nitrogens is 1. The van der Waals surface area contributed by atoms with E-state index in [1.54, 1.807) is 6.07 Å². The molecule has 3 aromatic rings. The number of hydrogen-bond acceptors (Lipinski definition) is 2. The topological polar surface area (TPSA) is 44.5 Å². The number of halogens is 1. The number of benzene rings is 2. The summed E-state index contributed by atoms with van der Waals surface area (Å²) in [6, 6.07) is 13.7. The van der Waals surface area contributed by atoms with Crippen molar-refractivity contribution in [2.45, 2.75) is 6.92 Å². The Bertz CT molecular complexity index is 915. The Labute approximate surface area is 129 Å². The van der Waals surface area contributed by atoms with E-state index in [2.05, 4.69) is 33.0 Å². The molecule has 1 heterocycles. The summed E-state index contributed by atoms with van der Waals surface area (Å²) in [6.07, 6.45) is 0. The largest absolute Gasteiger partial charge is 0.330 e. The van der Waals surface area contributed by atoms with Crippen LogP contribution >= 0.6 is 28.1 Å². The normalized spacial score (nSPS) is 10.7. The van der Waals surface area contributed by atoms with Crippen molar-refractivity contribution >= 4 is 39.2 Å². The second-order valence-electron chi connectivity index (χ2n) is 4.54. The Hall–Kier alpha value is -1.90. The minimum absolute atomic E-state index is 0.620. The van der Waals surface area contributed by atoms with Crippen LogP contribution in [0.15, 0.2) is 40.9 Å². The number of fused-ring (bicyclic) bond motifs is 1. The molecular formula is C15H10BrN3S. The van der Waals surface area contributed by atoms with Crippen molar-refractivity contribution in [3.05, 3.63) is 56.8 Å². The van der Waals surface area contributed by atoms with E-state index in [0.717, 1.165) is 26.8 Å². The fraction of sp³-hybridized carbons (Fsp3) is 0.0667. The molecule has 0 aliphatic heterocycles. The Morgan fingerprint density at radius 1 is 1.25 bits per heavy atom. The second kappa shape index (κ2) is 4.89. The Kier molecular flexibility index (Phi) is 3.20. The second-order valence-corrected chi connectivity index (χ2v) is 5.78. The number of imidazole rings is 1. The van der Waals surface area contributed by atoms with E-state index in [1.807, 2.05) is 35.8 Å². The average molecular weight is 344 g/mol. The summed E-state index contributed by atoms with van der Waals surface area (Å²) in [7, 11) is 0. The van der Waals surface area contributed by atoms with Gasteiger partial charge in [-0.15, -0.1) is 0 Å². The number of aromatic nitrogens is 2. The van der Waals surface area contributed by atoms with E-state index in [0.29, 0.717) is 10.3 Å². The zero-order valence-corrected chi connectivity index (χ0v) is 13.0. The summed E-state index contributed by atoms with van der Waals surface area (Å²) < 4.78 is 3.63. The van der Waals surface area contributed by atoms with Gasteiger partial charge in [0.05, 0.1) is 22.7 Å². The molecule has 0 unspecified atom stereocenters. The molecule has 1 aromatic heterocycles. The summed E-state index contributed by atoms with van der Waals surface area (Å²) in [6.45, 7) is 2.03. The van der Waals surface area contributed by atoms with Gasteiger partial charge in [0.1, 0.15) is 0 Å². The van der Waals surface area contributed by atoms with Crippen LogP contribution in [0.5, 0.6) is 0 Å². The minimum Gasteiger partial charge on any atom is -0.330 e. The quantitative estimate of drug-likeness (QED) is 0.654. The van der Waals surface area contributed by atoms with Crippen molar-refractivity contribution < 1.29 is 0 Å². The fourth-order valence-electron chi connectivity index (χ4n) is 2.20. The lowest BCUT2D eigenvalue weighted by Gasteiger charge is -2.07. The molecule has 98 valence electrons. The van der Waals surface area contributed by atoms with Crippen LogP contribution in [0, 0.1) is 23.0 Å². The molecule has 20 heavy (non-hydrogen) atoms. The highest BCUT2D eigenvalue weighted by molar-refractivity contribution is 9.10. The number of nitrogens with zero attached hydrogens (tertiary/aromatic N) is 2. The smallest absolute Gasteiger partial charge is 0.182 e. The van der Waals surface area contributed by atoms with Gasteiger partial charge < -0.3 is 4.98 Å². The first-order valence-corrected chi connectivity index (χ1v) is 7.21. The predicted molar refractivity (Wildman–Crippen MR) is 85.6 cm³/mol. The van der Waals surface area contributed by atoms with Crippen LogP contribution in [0.25, 0.3) is 16.7 Å². The summed E-state index contributed by atoms with van der Waals surface area (Å²) >= 11 is 8.90. The zero-order chi connectivity index (χ0) is 14.3. The van der Waals surface area contributed by atoms with Crippen LogP contribution in [-0.2, 0) is 0 Å². The van der Waals surface area contributed by atoms with Gasteiger partial charge in [0, 0.05) is 10.2 Å². The van der Waals surface area contributed by atoms with Crippen LogP contribution in [0.2, 0.25) is 0 Å². The van der Waals surface area contributed by atoms with Crippen LogP contribution in [0.3, 0.4) is 0 Å². The number of nitriles is 1. The predicted octanol–water partition coefficient (Wildman–Crippen LogP) is 4.63. The summed E-state index contributed by atoms with van der Waals surface area (Å²) in [5, 5.41) is 9.04. The molecule has 0 saturated heterocycles. The van der Waals surface area contributed by atoms with E-state index in [4.69, 9.17) is 17.5 Å². The first-order chi connectivity index (χ1) is 9.60. The van der Waals surface area contributed by atoms with Gasteiger partial charge in [0.25, 0.3) is 0 Å². The number of rotatable bonds is 1. The molecule has 0 bridgehead atoms. The molecule has 0 atom stereocenters. The Morgan fingerprint density at radius 3 is 2.75 bits per heavy atom. The molecule has 2 aromatic carbocycles. The monoisotopic (exact) mass is 343 g/mol. The molecule has 0 aliphatic rings. The van der Waals surface area contributed by atoms with Crippen molar-refractivity contribution in [2.24, 2.45) is 0 Å². The van der Waals surface area contributed by atoms with Crippen LogP contribution in [0.4, 0.5) is 0 Å². The molecule has 5 heteroatoms. The molecule has 0 amide bonds. The van der Waals surface area contributed by atoms with Gasteiger partial charge in [-0.2, -0.15) is 5.26 Å². The van der Waals surface area contributed by atoms with Gasteiger partial charge in [0.2, 0.25) is 0 Å². The third kappa shape index (κ3) is 2.07. The maximum absolute atomic E-state index is 9.04. The van der Waals surface area contributed by atoms with Gasteiger partial charge >= 0.3 is 0 Å². The minimum atomic E-state index is 0.620.